The smallest absolute Gasteiger partial charge is 0.411 e. The summed E-state index contributed by atoms with van der Waals surface area (Å²) in [7, 11) is 3.58. The molecule has 9 heteroatoms. The van der Waals surface area contributed by atoms with Crippen molar-refractivity contribution in [1.82, 2.24) is 24.5 Å². The van der Waals surface area contributed by atoms with Crippen LogP contribution in [0.3, 0.4) is 0 Å². The molecule has 0 bridgehead atoms. The van der Waals surface area contributed by atoms with Crippen LogP contribution in [-0.2, 0) is 14.3 Å². The van der Waals surface area contributed by atoms with Crippen molar-refractivity contribution in [2.24, 2.45) is 0 Å². The van der Waals surface area contributed by atoms with Gasteiger partial charge in [0.2, 0.25) is 0 Å². The van der Waals surface area contributed by atoms with Gasteiger partial charge in [0.25, 0.3) is 0 Å². The lowest BCUT2D eigenvalue weighted by Gasteiger charge is -2.38. The molecule has 3 aliphatic rings. The molecule has 0 aliphatic carbocycles. The lowest BCUT2D eigenvalue weighted by Crippen LogP contribution is -2.54. The molecule has 0 N–H and O–H groups in total. The van der Waals surface area contributed by atoms with Crippen LogP contribution in [-0.4, -0.2) is 135 Å². The summed E-state index contributed by atoms with van der Waals surface area (Å²) in [6.07, 6.45) is 0.946. The van der Waals surface area contributed by atoms with Crippen molar-refractivity contribution >= 4 is 12.1 Å². The van der Waals surface area contributed by atoms with E-state index in [0.717, 1.165) is 78.4 Å². The summed E-state index contributed by atoms with van der Waals surface area (Å²) in [6, 6.07) is 0.0702. The Bertz CT molecular complexity index is 547. The van der Waals surface area contributed by atoms with Gasteiger partial charge in [0, 0.05) is 71.9 Å². The van der Waals surface area contributed by atoms with Crippen molar-refractivity contribution in [2.45, 2.75) is 32.0 Å². The Balaban J connectivity index is 1.39. The molecule has 3 saturated heterocycles. The zero-order valence-electron chi connectivity index (χ0n) is 18.2. The molecule has 3 aliphatic heterocycles. The van der Waals surface area contributed by atoms with E-state index in [2.05, 4.69) is 33.6 Å². The number of carbonyl (C=O) groups excluding carboxylic acids is 2. The number of amides is 1. The molecule has 3 fully saturated rings. The summed E-state index contributed by atoms with van der Waals surface area (Å²) in [4.78, 5) is 35.0. The van der Waals surface area contributed by atoms with E-state index in [1.807, 2.05) is 4.90 Å². The third-order valence-electron chi connectivity index (χ3n) is 6.46. The van der Waals surface area contributed by atoms with E-state index in [0.29, 0.717) is 6.42 Å². The number of carbonyl (C=O) groups is 2. The van der Waals surface area contributed by atoms with Gasteiger partial charge in [0.15, 0.2) is 6.23 Å². The van der Waals surface area contributed by atoms with Gasteiger partial charge in [0.05, 0.1) is 13.2 Å². The van der Waals surface area contributed by atoms with Crippen LogP contribution in [0.2, 0.25) is 0 Å². The third kappa shape index (κ3) is 6.04. The number of methoxy groups -OCH3 is 1. The van der Waals surface area contributed by atoms with E-state index in [1.54, 1.807) is 0 Å². The molecule has 166 valence electrons. The number of piperazine rings is 2. The van der Waals surface area contributed by atoms with Crippen molar-refractivity contribution in [1.29, 1.82) is 0 Å². The van der Waals surface area contributed by atoms with Crippen molar-refractivity contribution in [3.63, 3.8) is 0 Å². The van der Waals surface area contributed by atoms with Gasteiger partial charge in [-0.25, -0.2) is 4.79 Å². The first-order valence-corrected chi connectivity index (χ1v) is 10.9. The molecule has 0 radical (unpaired) electrons. The molecule has 0 saturated carbocycles. The number of rotatable bonds is 8. The van der Waals surface area contributed by atoms with Gasteiger partial charge in [-0.3, -0.25) is 19.5 Å². The fourth-order valence-electron chi connectivity index (χ4n) is 4.38. The maximum atomic E-state index is 12.5. The van der Waals surface area contributed by atoms with E-state index in [9.17, 15) is 9.59 Å². The molecule has 0 spiro atoms. The second kappa shape index (κ2) is 10.6. The fourth-order valence-corrected chi connectivity index (χ4v) is 4.38. The molecule has 0 aromatic carbocycles. The predicted octanol–water partition coefficient (Wildman–Crippen LogP) is -0.0286. The highest BCUT2D eigenvalue weighted by atomic mass is 16.6. The van der Waals surface area contributed by atoms with Crippen molar-refractivity contribution in [3.05, 3.63) is 0 Å². The Morgan fingerprint density at radius 3 is 2.28 bits per heavy atom. The van der Waals surface area contributed by atoms with Crippen molar-refractivity contribution < 1.29 is 19.1 Å². The van der Waals surface area contributed by atoms with E-state index >= 15 is 0 Å². The second-order valence-corrected chi connectivity index (χ2v) is 8.41. The van der Waals surface area contributed by atoms with E-state index < -0.39 is 0 Å². The molecule has 3 rings (SSSR count). The van der Waals surface area contributed by atoms with Gasteiger partial charge in [0.1, 0.15) is 0 Å². The van der Waals surface area contributed by atoms with Crippen molar-refractivity contribution in [2.75, 3.05) is 86.1 Å². The first-order chi connectivity index (χ1) is 14.0. The van der Waals surface area contributed by atoms with Gasteiger partial charge >= 0.3 is 12.1 Å². The normalized spacial score (nSPS) is 28.0. The van der Waals surface area contributed by atoms with E-state index in [4.69, 9.17) is 9.47 Å². The molecular formula is C20H37N5O4. The van der Waals surface area contributed by atoms with Crippen LogP contribution in [0.15, 0.2) is 0 Å². The lowest BCUT2D eigenvalue weighted by molar-refractivity contribution is -0.140. The Kier molecular flexibility index (Phi) is 8.11. The highest BCUT2D eigenvalue weighted by molar-refractivity contribution is 5.70. The summed E-state index contributed by atoms with van der Waals surface area (Å²) in [5.74, 6) is -0.146. The second-order valence-electron chi connectivity index (χ2n) is 8.41. The summed E-state index contributed by atoms with van der Waals surface area (Å²) in [5, 5.41) is 0. The highest BCUT2D eigenvalue weighted by Gasteiger charge is 2.42. The van der Waals surface area contributed by atoms with Gasteiger partial charge in [-0.2, -0.15) is 0 Å². The fraction of sp³-hybridized carbons (Fsp3) is 0.900. The summed E-state index contributed by atoms with van der Waals surface area (Å²) < 4.78 is 10.4. The molecular weight excluding hydrogens is 374 g/mol. The Hall–Kier alpha value is -1.42. The largest absolute Gasteiger partial charge is 0.469 e. The number of hydrogen-bond donors (Lipinski definition) is 0. The molecule has 1 amide bonds. The zero-order chi connectivity index (χ0) is 20.8. The molecule has 0 aromatic rings. The number of likely N-dealkylation sites (N-methyl/N-ethyl adjacent to an activating group) is 1. The van der Waals surface area contributed by atoms with Crippen LogP contribution in [0.25, 0.3) is 0 Å². The van der Waals surface area contributed by atoms with Crippen LogP contribution in [0, 0.1) is 0 Å². The summed E-state index contributed by atoms with van der Waals surface area (Å²) >= 11 is 0. The predicted molar refractivity (Wildman–Crippen MR) is 110 cm³/mol. The highest BCUT2D eigenvalue weighted by Crippen LogP contribution is 2.23. The van der Waals surface area contributed by atoms with E-state index in [1.165, 1.54) is 7.11 Å². The number of hydrogen-bond acceptors (Lipinski definition) is 8. The molecule has 2 atom stereocenters. The van der Waals surface area contributed by atoms with Gasteiger partial charge in [-0.05, 0) is 26.9 Å². The standard InChI is InChI=1S/C20H37N5O4/c1-17-19(24-14-11-22(12-15-24)6-4-5-18(26)28-3)29-20(27)25(17)16-13-23-9-7-21(2)8-10-23/h17,19H,4-16H2,1-3H3. The van der Waals surface area contributed by atoms with Gasteiger partial charge in [-0.1, -0.05) is 0 Å². The average Bonchev–Trinajstić information content (AvgIpc) is 3.01. The summed E-state index contributed by atoms with van der Waals surface area (Å²) in [6.45, 7) is 12.6. The quantitative estimate of drug-likeness (QED) is 0.516. The lowest BCUT2D eigenvalue weighted by atomic mass is 10.2. The van der Waals surface area contributed by atoms with Gasteiger partial charge in [-0.15, -0.1) is 0 Å². The Morgan fingerprint density at radius 2 is 1.62 bits per heavy atom. The van der Waals surface area contributed by atoms with Gasteiger partial charge < -0.3 is 19.3 Å². The Labute approximate surface area is 174 Å². The maximum absolute atomic E-state index is 12.5. The number of cyclic esters (lactones) is 1. The molecule has 3 heterocycles. The van der Waals surface area contributed by atoms with Crippen LogP contribution in [0.4, 0.5) is 4.79 Å². The molecule has 0 aromatic heterocycles. The minimum absolute atomic E-state index is 0.0702. The Morgan fingerprint density at radius 1 is 1.00 bits per heavy atom. The molecule has 2 unspecified atom stereocenters. The third-order valence-corrected chi connectivity index (χ3v) is 6.46. The SMILES string of the molecule is COC(=O)CCCN1CCN(C2OC(=O)N(CCN3CCN(C)CC3)C2C)CC1. The minimum atomic E-state index is -0.183. The summed E-state index contributed by atoms with van der Waals surface area (Å²) in [5.41, 5.74) is 0. The molecule has 9 nitrogen and oxygen atoms in total. The van der Waals surface area contributed by atoms with Crippen LogP contribution >= 0.6 is 0 Å². The minimum Gasteiger partial charge on any atom is -0.469 e. The number of esters is 1. The van der Waals surface area contributed by atoms with Crippen LogP contribution < -0.4 is 0 Å². The average molecular weight is 412 g/mol. The first kappa shape index (κ1) is 22.3. The van der Waals surface area contributed by atoms with Crippen LogP contribution in [0.1, 0.15) is 19.8 Å². The number of ether oxygens (including phenoxy) is 2. The van der Waals surface area contributed by atoms with Crippen LogP contribution in [0.5, 0.6) is 0 Å². The monoisotopic (exact) mass is 411 g/mol. The van der Waals surface area contributed by atoms with E-state index in [-0.39, 0.29) is 24.3 Å². The first-order valence-electron chi connectivity index (χ1n) is 10.9. The van der Waals surface area contributed by atoms with Crippen molar-refractivity contribution in [3.8, 4) is 0 Å². The zero-order valence-corrected chi connectivity index (χ0v) is 18.2. The number of nitrogens with zero attached hydrogens (tertiary/aromatic N) is 5. The topological polar surface area (TPSA) is 68.8 Å². The molecule has 29 heavy (non-hydrogen) atoms. The maximum Gasteiger partial charge on any atom is 0.411 e.